The molecule has 0 fully saturated rings. The minimum Gasteiger partial charge on any atom is -0.756 e. The minimum atomic E-state index is -4.72. The number of likely N-dealkylation sites (N-methyl/N-ethyl adjacent to an activating group) is 1. The average molecular weight is 1170 g/mol. The van der Waals surface area contributed by atoms with E-state index in [-0.39, 0.29) is 24.9 Å². The normalized spacial score (nSPS) is 14.5. The summed E-state index contributed by atoms with van der Waals surface area (Å²) in [5.41, 5.74) is 0. The summed E-state index contributed by atoms with van der Waals surface area (Å²) in [6.45, 7) is 6.56. The van der Waals surface area contributed by atoms with Crippen LogP contribution in [0, 0.1) is 0 Å². The first-order chi connectivity index (χ1) is 40.4. The predicted octanol–water partition coefficient (Wildman–Crippen LogP) is 20.4. The number of nitrogens with one attached hydrogen (secondary N) is 1. The number of carbonyl (C=O) groups is 2. The number of allylic oxidation sites excluding steroid dienone is 23. The SMILES string of the molecule is CC/C=C\C/C=C\C/C=C\C/C=C\C/C=C\C/C=C\CCCCC(=O)OC(/C=C\CCCCCCCCCCC)C(COP(=O)([O-])OCC[N+](C)(C)C)NC(=O)CCCCCCCCCCC/C=C\C/C=C\C/C=C\C/C=C\C/C=C\CC. The van der Waals surface area contributed by atoms with Crippen molar-refractivity contribution in [2.24, 2.45) is 0 Å². The summed E-state index contributed by atoms with van der Waals surface area (Å²) in [4.78, 5) is 40.1. The number of carbonyl (C=O) groups excluding carboxylic acids is 2. The van der Waals surface area contributed by atoms with Crippen LogP contribution in [0.4, 0.5) is 0 Å². The number of nitrogens with zero attached hydrogens (tertiary/aromatic N) is 1. The highest BCUT2D eigenvalue weighted by Crippen LogP contribution is 2.38. The Morgan fingerprint density at radius 1 is 0.434 bits per heavy atom. The van der Waals surface area contributed by atoms with Crippen LogP contribution < -0.4 is 10.2 Å². The zero-order chi connectivity index (χ0) is 60.7. The molecule has 472 valence electrons. The lowest BCUT2D eigenvalue weighted by molar-refractivity contribution is -0.870. The number of rotatable bonds is 58. The molecule has 3 unspecified atom stereocenters. The van der Waals surface area contributed by atoms with Crippen LogP contribution in [0.5, 0.6) is 0 Å². The minimum absolute atomic E-state index is 0.0390. The highest BCUT2D eigenvalue weighted by molar-refractivity contribution is 7.45. The topological polar surface area (TPSA) is 114 Å². The van der Waals surface area contributed by atoms with E-state index in [1.807, 2.05) is 33.3 Å². The van der Waals surface area contributed by atoms with Gasteiger partial charge in [0.05, 0.1) is 33.8 Å². The summed E-state index contributed by atoms with van der Waals surface area (Å²) in [7, 11) is 1.13. The molecule has 0 aliphatic rings. The largest absolute Gasteiger partial charge is 0.756 e. The number of amides is 1. The Kier molecular flexibility index (Phi) is 58.0. The molecular formula is C73H123N2O7P. The predicted molar refractivity (Wildman–Crippen MR) is 357 cm³/mol. The highest BCUT2D eigenvalue weighted by atomic mass is 31.2. The first-order valence-electron chi connectivity index (χ1n) is 33.1. The van der Waals surface area contributed by atoms with Gasteiger partial charge in [-0.05, 0) is 128 Å². The smallest absolute Gasteiger partial charge is 0.306 e. The van der Waals surface area contributed by atoms with Crippen molar-refractivity contribution < 1.29 is 37.3 Å². The first kappa shape index (κ1) is 78.9. The molecule has 0 saturated carbocycles. The fraction of sp³-hybridized carbons (Fsp3) is 0.644. The number of phosphoric acid groups is 1. The molecule has 0 rings (SSSR count). The van der Waals surface area contributed by atoms with Gasteiger partial charge in [-0.2, -0.15) is 0 Å². The van der Waals surface area contributed by atoms with E-state index < -0.39 is 26.6 Å². The third kappa shape index (κ3) is 62.2. The van der Waals surface area contributed by atoms with Crippen LogP contribution in [0.2, 0.25) is 0 Å². The second-order valence-electron chi connectivity index (χ2n) is 22.9. The van der Waals surface area contributed by atoms with Crippen LogP contribution in [0.1, 0.15) is 252 Å². The third-order valence-electron chi connectivity index (χ3n) is 13.8. The van der Waals surface area contributed by atoms with Gasteiger partial charge in [-0.3, -0.25) is 14.2 Å². The van der Waals surface area contributed by atoms with Crippen LogP contribution in [-0.2, 0) is 27.9 Å². The lowest BCUT2D eigenvalue weighted by Crippen LogP contribution is -2.47. The molecule has 0 aromatic heterocycles. The molecule has 0 bridgehead atoms. The summed E-state index contributed by atoms with van der Waals surface area (Å²) in [5.74, 6) is -0.609. The van der Waals surface area contributed by atoms with Gasteiger partial charge in [-0.25, -0.2) is 0 Å². The summed E-state index contributed by atoms with van der Waals surface area (Å²) in [5, 5.41) is 3.02. The summed E-state index contributed by atoms with van der Waals surface area (Å²) in [6, 6.07) is -0.921. The van der Waals surface area contributed by atoms with Gasteiger partial charge >= 0.3 is 5.97 Å². The first-order valence-corrected chi connectivity index (χ1v) is 34.6. The van der Waals surface area contributed by atoms with E-state index in [1.165, 1.54) is 77.0 Å². The summed E-state index contributed by atoms with van der Waals surface area (Å²) >= 11 is 0. The molecule has 0 aliphatic carbocycles. The maximum atomic E-state index is 13.6. The molecule has 0 spiro atoms. The van der Waals surface area contributed by atoms with Gasteiger partial charge in [0.1, 0.15) is 19.3 Å². The summed E-state index contributed by atoms with van der Waals surface area (Å²) in [6.07, 6.45) is 88.2. The monoisotopic (exact) mass is 1170 g/mol. The van der Waals surface area contributed by atoms with Gasteiger partial charge in [0.15, 0.2) is 0 Å². The van der Waals surface area contributed by atoms with E-state index in [4.69, 9.17) is 13.8 Å². The van der Waals surface area contributed by atoms with Gasteiger partial charge in [-0.1, -0.05) is 257 Å². The van der Waals surface area contributed by atoms with E-state index >= 15 is 0 Å². The van der Waals surface area contributed by atoms with Gasteiger partial charge in [0.2, 0.25) is 5.91 Å². The van der Waals surface area contributed by atoms with Crippen LogP contribution >= 0.6 is 7.82 Å². The number of quaternary nitrogens is 1. The zero-order valence-corrected chi connectivity index (χ0v) is 54.7. The van der Waals surface area contributed by atoms with E-state index in [2.05, 4.69) is 160 Å². The Morgan fingerprint density at radius 2 is 0.771 bits per heavy atom. The maximum Gasteiger partial charge on any atom is 0.306 e. The van der Waals surface area contributed by atoms with Crippen LogP contribution in [-0.4, -0.2) is 69.4 Å². The molecule has 0 heterocycles. The van der Waals surface area contributed by atoms with Crippen molar-refractivity contribution in [1.82, 2.24) is 5.32 Å². The number of esters is 1. The Morgan fingerprint density at radius 3 is 1.17 bits per heavy atom. The van der Waals surface area contributed by atoms with Gasteiger partial charge in [0, 0.05) is 12.8 Å². The van der Waals surface area contributed by atoms with Gasteiger partial charge < -0.3 is 28.5 Å². The molecule has 0 aromatic rings. The quantitative estimate of drug-likeness (QED) is 0.0212. The second kappa shape index (κ2) is 61.0. The number of phosphoric ester groups is 1. The molecule has 9 nitrogen and oxygen atoms in total. The Hall–Kier alpha value is -4.11. The van der Waals surface area contributed by atoms with E-state index in [0.29, 0.717) is 23.9 Å². The fourth-order valence-electron chi connectivity index (χ4n) is 8.73. The van der Waals surface area contributed by atoms with Crippen molar-refractivity contribution >= 4 is 19.7 Å². The third-order valence-corrected chi connectivity index (χ3v) is 14.7. The average Bonchev–Trinajstić information content (AvgIpc) is 3.51. The van der Waals surface area contributed by atoms with E-state index in [0.717, 1.165) is 135 Å². The van der Waals surface area contributed by atoms with Crippen molar-refractivity contribution in [2.45, 2.75) is 264 Å². The Bertz CT molecular complexity index is 1930. The van der Waals surface area contributed by atoms with Gasteiger partial charge in [-0.15, -0.1) is 0 Å². The van der Waals surface area contributed by atoms with Crippen molar-refractivity contribution in [3.8, 4) is 0 Å². The molecule has 0 saturated heterocycles. The molecular weight excluding hydrogens is 1050 g/mol. The molecule has 1 N–H and O–H groups in total. The van der Waals surface area contributed by atoms with Crippen LogP contribution in [0.15, 0.2) is 146 Å². The Balaban J connectivity index is 5.21. The van der Waals surface area contributed by atoms with E-state index in [9.17, 15) is 19.0 Å². The number of ether oxygens (including phenoxy) is 1. The number of unbranched alkanes of at least 4 members (excludes halogenated alkanes) is 20. The van der Waals surface area contributed by atoms with E-state index in [1.54, 1.807) is 0 Å². The zero-order valence-electron chi connectivity index (χ0n) is 53.8. The van der Waals surface area contributed by atoms with Gasteiger partial charge in [0.25, 0.3) is 7.82 Å². The number of hydrogen-bond acceptors (Lipinski definition) is 7. The Labute approximate surface area is 510 Å². The lowest BCUT2D eigenvalue weighted by Gasteiger charge is -2.30. The number of hydrogen-bond donors (Lipinski definition) is 1. The van der Waals surface area contributed by atoms with Crippen LogP contribution in [0.25, 0.3) is 0 Å². The highest BCUT2D eigenvalue weighted by Gasteiger charge is 2.27. The molecule has 0 aromatic carbocycles. The fourth-order valence-corrected chi connectivity index (χ4v) is 9.45. The molecule has 0 radical (unpaired) electrons. The maximum absolute atomic E-state index is 13.6. The molecule has 3 atom stereocenters. The van der Waals surface area contributed by atoms with Crippen molar-refractivity contribution in [3.63, 3.8) is 0 Å². The van der Waals surface area contributed by atoms with Crippen LogP contribution in [0.3, 0.4) is 0 Å². The van der Waals surface area contributed by atoms with Crippen molar-refractivity contribution in [2.75, 3.05) is 40.9 Å². The summed E-state index contributed by atoms with van der Waals surface area (Å²) < 4.78 is 30.3. The molecule has 83 heavy (non-hydrogen) atoms. The lowest BCUT2D eigenvalue weighted by atomic mass is 10.0. The molecule has 1 amide bonds. The van der Waals surface area contributed by atoms with Crippen molar-refractivity contribution in [3.05, 3.63) is 146 Å². The molecule has 10 heteroatoms. The second-order valence-corrected chi connectivity index (χ2v) is 24.3. The standard InChI is InChI=1S/C73H123N2O7P/c1-7-10-13-16-19-22-25-27-29-31-33-35-36-37-38-40-41-43-45-47-50-53-56-59-62-65-72(76)74-70(69-81-83(78,79)80-68-67-75(4,5)6)71(64-61-58-55-52-49-24-21-18-15-12-9-3)82-73(77)66-63-60-57-54-51-48-46-44-42-39-34-32-30-28-26-23-20-17-14-11-8-2/h10-11,13-14,19-20,22-23,27-30,33-35,37-39,44,46,51,54,61,64,70-71H,7-9,12,15-18,21,24-26,31-32,36,40-43,45,47-50,52-53,55-60,62-63,65-69H2,1-6H3,(H-,74,76,78,79)/b13-10-,14-11-,22-19-,23-20-,29-27-,30-28-,35-33-,38-37-,39-34-,46-44-,54-51-,64-61-. The van der Waals surface area contributed by atoms with Crippen molar-refractivity contribution in [1.29, 1.82) is 0 Å². The molecule has 0 aliphatic heterocycles.